The quantitative estimate of drug-likeness (QED) is 0.552. The molecule has 0 spiro atoms. The molecule has 0 bridgehead atoms. The Morgan fingerprint density at radius 3 is 2.92 bits per heavy atom. The third-order valence-electron chi connectivity index (χ3n) is 1.64. The minimum atomic E-state index is 0.254. The van der Waals surface area contributed by atoms with E-state index in [-0.39, 0.29) is 6.79 Å². The maximum Gasteiger partial charge on any atom is 0.231 e. The highest BCUT2D eigenvalue weighted by Gasteiger charge is 2.12. The number of hydrogen-bond donors (Lipinski definition) is 0. The minimum absolute atomic E-state index is 0.254. The van der Waals surface area contributed by atoms with E-state index in [1.54, 1.807) is 24.3 Å². The number of benzene rings is 1. The second-order valence-electron chi connectivity index (χ2n) is 2.43. The number of fused-ring (bicyclic) bond motifs is 1. The van der Waals surface area contributed by atoms with Crippen molar-refractivity contribution in [3.8, 4) is 29.4 Å². The first-order chi connectivity index (χ1) is 6.40. The van der Waals surface area contributed by atoms with Crippen molar-refractivity contribution in [2.75, 3.05) is 6.79 Å². The molecule has 62 valence electrons. The zero-order chi connectivity index (χ0) is 9.10. The molecule has 0 saturated heterocycles. The highest BCUT2D eigenvalue weighted by atomic mass is 16.7. The van der Waals surface area contributed by atoms with E-state index in [0.29, 0.717) is 5.75 Å². The Labute approximate surface area is 75.5 Å². The fourth-order valence-corrected chi connectivity index (χ4v) is 1.07. The summed E-state index contributed by atoms with van der Waals surface area (Å²) in [4.78, 5) is 0. The largest absolute Gasteiger partial charge is 0.454 e. The van der Waals surface area contributed by atoms with Crippen molar-refractivity contribution >= 4 is 0 Å². The van der Waals surface area contributed by atoms with Crippen LogP contribution in [0.1, 0.15) is 5.56 Å². The van der Waals surface area contributed by atoms with Crippen LogP contribution in [-0.4, -0.2) is 6.79 Å². The first kappa shape index (κ1) is 7.52. The Morgan fingerprint density at radius 1 is 1.23 bits per heavy atom. The van der Waals surface area contributed by atoms with Gasteiger partial charge >= 0.3 is 0 Å². The summed E-state index contributed by atoms with van der Waals surface area (Å²) in [6.07, 6.45) is 0. The first-order valence-corrected chi connectivity index (χ1v) is 3.70. The lowest BCUT2D eigenvalue weighted by atomic mass is 10.2. The van der Waals surface area contributed by atoms with Crippen LogP contribution in [0.2, 0.25) is 0 Å². The van der Waals surface area contributed by atoms with Gasteiger partial charge in [0.15, 0.2) is 17.6 Å². The van der Waals surface area contributed by atoms with Crippen molar-refractivity contribution in [3.05, 3.63) is 23.8 Å². The van der Waals surface area contributed by atoms with Crippen LogP contribution in [0.15, 0.2) is 18.2 Å². The summed E-state index contributed by atoms with van der Waals surface area (Å²) in [6.45, 7) is 0.254. The van der Waals surface area contributed by atoms with Crippen LogP contribution in [0, 0.1) is 23.2 Å². The highest BCUT2D eigenvalue weighted by Crippen LogP contribution is 2.32. The van der Waals surface area contributed by atoms with Gasteiger partial charge in [-0.3, -0.25) is 0 Å². The average molecular weight is 171 g/mol. The van der Waals surface area contributed by atoms with E-state index >= 15 is 0 Å². The third-order valence-corrected chi connectivity index (χ3v) is 1.64. The van der Waals surface area contributed by atoms with Gasteiger partial charge in [0.1, 0.15) is 0 Å². The SMILES string of the molecule is N#CC#Cc1ccc2c(c1)OCO2. The number of ether oxygens (including phenoxy) is 2. The number of rotatable bonds is 0. The van der Waals surface area contributed by atoms with Crippen molar-refractivity contribution in [1.82, 2.24) is 0 Å². The summed E-state index contributed by atoms with van der Waals surface area (Å²) >= 11 is 0. The van der Waals surface area contributed by atoms with Crippen LogP contribution in [-0.2, 0) is 0 Å². The zero-order valence-corrected chi connectivity index (χ0v) is 6.70. The van der Waals surface area contributed by atoms with Gasteiger partial charge in [-0.05, 0) is 18.2 Å². The fraction of sp³-hybridized carbons (Fsp3) is 0.100. The summed E-state index contributed by atoms with van der Waals surface area (Å²) in [5.74, 6) is 6.40. The molecule has 1 heterocycles. The van der Waals surface area contributed by atoms with Gasteiger partial charge in [-0.25, -0.2) is 0 Å². The molecule has 1 aliphatic heterocycles. The molecule has 1 aliphatic rings. The summed E-state index contributed by atoms with van der Waals surface area (Å²) < 4.78 is 10.3. The molecule has 0 N–H and O–H groups in total. The van der Waals surface area contributed by atoms with Crippen molar-refractivity contribution in [2.45, 2.75) is 0 Å². The lowest BCUT2D eigenvalue weighted by Gasteiger charge is -1.94. The van der Waals surface area contributed by atoms with Crippen LogP contribution < -0.4 is 9.47 Å². The minimum Gasteiger partial charge on any atom is -0.454 e. The molecule has 13 heavy (non-hydrogen) atoms. The number of nitriles is 1. The third kappa shape index (κ3) is 1.40. The normalized spacial score (nSPS) is 11.3. The first-order valence-electron chi connectivity index (χ1n) is 3.70. The van der Waals surface area contributed by atoms with Gasteiger partial charge in [0.25, 0.3) is 0 Å². The molecule has 3 heteroatoms. The van der Waals surface area contributed by atoms with Crippen molar-refractivity contribution in [2.24, 2.45) is 0 Å². The molecule has 0 unspecified atom stereocenters. The van der Waals surface area contributed by atoms with E-state index < -0.39 is 0 Å². The monoisotopic (exact) mass is 171 g/mol. The van der Waals surface area contributed by atoms with Crippen molar-refractivity contribution in [3.63, 3.8) is 0 Å². The van der Waals surface area contributed by atoms with Gasteiger partial charge in [-0.1, -0.05) is 5.92 Å². The van der Waals surface area contributed by atoms with E-state index in [1.165, 1.54) is 0 Å². The van der Waals surface area contributed by atoms with E-state index in [4.69, 9.17) is 14.7 Å². The topological polar surface area (TPSA) is 42.2 Å². The Bertz CT molecular complexity index is 434. The molecule has 2 rings (SSSR count). The van der Waals surface area contributed by atoms with Crippen LogP contribution in [0.4, 0.5) is 0 Å². The van der Waals surface area contributed by atoms with Gasteiger partial charge in [0.05, 0.1) is 0 Å². The number of hydrogen-bond acceptors (Lipinski definition) is 3. The fourth-order valence-electron chi connectivity index (χ4n) is 1.07. The van der Waals surface area contributed by atoms with Gasteiger partial charge < -0.3 is 9.47 Å². The molecule has 0 aromatic heterocycles. The molecular weight excluding hydrogens is 166 g/mol. The van der Waals surface area contributed by atoms with Crippen molar-refractivity contribution in [1.29, 1.82) is 5.26 Å². The van der Waals surface area contributed by atoms with E-state index in [1.807, 2.05) is 0 Å². The summed E-state index contributed by atoms with van der Waals surface area (Å²) in [5, 5.41) is 8.24. The van der Waals surface area contributed by atoms with Crippen LogP contribution >= 0.6 is 0 Å². The predicted octanol–water partition coefficient (Wildman–Crippen LogP) is 1.29. The molecule has 0 atom stereocenters. The maximum absolute atomic E-state index is 8.24. The van der Waals surface area contributed by atoms with E-state index in [2.05, 4.69) is 11.8 Å². The van der Waals surface area contributed by atoms with Gasteiger partial charge in [-0.2, -0.15) is 5.26 Å². The van der Waals surface area contributed by atoms with Crippen LogP contribution in [0.25, 0.3) is 0 Å². The summed E-state index contributed by atoms with van der Waals surface area (Å²) in [7, 11) is 0. The lowest BCUT2D eigenvalue weighted by Crippen LogP contribution is -1.92. The zero-order valence-electron chi connectivity index (χ0n) is 6.70. The molecule has 0 saturated carbocycles. The van der Waals surface area contributed by atoms with Crippen LogP contribution in [0.5, 0.6) is 11.5 Å². The Morgan fingerprint density at radius 2 is 2.08 bits per heavy atom. The molecule has 1 aromatic rings. The number of nitrogens with zero attached hydrogens (tertiary/aromatic N) is 1. The van der Waals surface area contributed by atoms with Gasteiger partial charge in [0, 0.05) is 11.5 Å². The van der Waals surface area contributed by atoms with Crippen LogP contribution in [0.3, 0.4) is 0 Å². The molecule has 0 amide bonds. The summed E-state index contributed by atoms with van der Waals surface area (Å²) in [5.41, 5.74) is 0.755. The Balaban J connectivity index is 2.37. The molecule has 1 aromatic carbocycles. The molecule has 3 nitrogen and oxygen atoms in total. The van der Waals surface area contributed by atoms with Gasteiger partial charge in [0.2, 0.25) is 6.79 Å². The van der Waals surface area contributed by atoms with Crippen molar-refractivity contribution < 1.29 is 9.47 Å². The smallest absolute Gasteiger partial charge is 0.231 e. The molecular formula is C10H5NO2. The second kappa shape index (κ2) is 3.08. The molecule has 0 aliphatic carbocycles. The van der Waals surface area contributed by atoms with Gasteiger partial charge in [-0.15, -0.1) is 0 Å². The highest BCUT2D eigenvalue weighted by molar-refractivity contribution is 5.50. The average Bonchev–Trinajstić information content (AvgIpc) is 2.61. The molecule has 0 radical (unpaired) electrons. The van der Waals surface area contributed by atoms with E-state index in [0.717, 1.165) is 11.3 Å². The second-order valence-corrected chi connectivity index (χ2v) is 2.43. The Hall–Kier alpha value is -2.13. The predicted molar refractivity (Wildman–Crippen MR) is 45.1 cm³/mol. The van der Waals surface area contributed by atoms with E-state index in [9.17, 15) is 0 Å². The maximum atomic E-state index is 8.24. The standard InChI is InChI=1S/C10H5NO2/c11-5-1-2-8-3-4-9-10(6-8)13-7-12-9/h3-4,6H,7H2. The summed E-state index contributed by atoms with van der Waals surface area (Å²) in [6, 6.07) is 7.08. The lowest BCUT2D eigenvalue weighted by molar-refractivity contribution is 0.174. The molecule has 0 fully saturated rings. The Kier molecular flexibility index (Phi) is 1.78.